The zero-order valence-corrected chi connectivity index (χ0v) is 14.6. The van der Waals surface area contributed by atoms with Crippen LogP contribution >= 0.6 is 11.8 Å². The summed E-state index contributed by atoms with van der Waals surface area (Å²) in [5, 5.41) is 0. The molecule has 0 rings (SSSR count). The van der Waals surface area contributed by atoms with Crippen molar-refractivity contribution in [3.05, 3.63) is 12.7 Å². The molecule has 0 fully saturated rings. The number of hydrogen-bond acceptors (Lipinski definition) is 3. The minimum Gasteiger partial charge on any atom is -0.462 e. The Hall–Kier alpha value is -1.35. The van der Waals surface area contributed by atoms with E-state index in [-0.39, 0.29) is 5.75 Å². The topological polar surface area (TPSA) is 26.3 Å². The molecule has 0 amide bonds. The second-order valence-corrected chi connectivity index (χ2v) is 6.46. The maximum Gasteiger partial charge on any atom is 0.460 e. The van der Waals surface area contributed by atoms with E-state index in [1.165, 1.54) is 0 Å². The lowest BCUT2D eigenvalue weighted by Gasteiger charge is -2.39. The molecule has 0 heterocycles. The molecule has 0 aliphatic heterocycles. The third-order valence-corrected chi connectivity index (χ3v) is 4.15. The van der Waals surface area contributed by atoms with Gasteiger partial charge in [-0.3, -0.25) is 0 Å². The molecular weight excluding hydrogens is 467 g/mol. The quantitative estimate of drug-likeness (QED) is 0.168. The van der Waals surface area contributed by atoms with Crippen LogP contribution in [-0.4, -0.2) is 59.9 Å². The average Bonchev–Trinajstić information content (AvgIpc) is 2.55. The number of carbonyl (C=O) groups excluding carboxylic acids is 1. The van der Waals surface area contributed by atoms with Crippen molar-refractivity contribution in [3.63, 3.8) is 0 Å². The first-order chi connectivity index (χ1) is 12.7. The molecule has 16 heteroatoms. The number of carbonyl (C=O) groups is 1. The van der Waals surface area contributed by atoms with Gasteiger partial charge in [-0.2, -0.15) is 68.8 Å². The van der Waals surface area contributed by atoms with Crippen molar-refractivity contribution in [2.75, 3.05) is 18.1 Å². The summed E-state index contributed by atoms with van der Waals surface area (Å²) >= 11 is 0.291. The van der Waals surface area contributed by atoms with Crippen molar-refractivity contribution in [2.45, 2.75) is 42.2 Å². The van der Waals surface area contributed by atoms with Crippen molar-refractivity contribution < 1.29 is 66.6 Å². The van der Waals surface area contributed by atoms with Crippen molar-refractivity contribution in [3.8, 4) is 0 Å². The predicted molar refractivity (Wildman–Crippen MR) is 73.9 cm³/mol. The van der Waals surface area contributed by atoms with Crippen LogP contribution in [0.25, 0.3) is 0 Å². The van der Waals surface area contributed by atoms with Gasteiger partial charge in [-0.1, -0.05) is 6.58 Å². The SMILES string of the molecule is C=CC(=O)OCCSCCC(F)(F)C(F)(F)C(F)(F)C(F)(F)C(F)(F)C(F)(F)F. The van der Waals surface area contributed by atoms with Gasteiger partial charge in [0, 0.05) is 18.2 Å². The molecule has 0 aromatic rings. The van der Waals surface area contributed by atoms with Crippen molar-refractivity contribution >= 4 is 17.7 Å². The molecule has 172 valence electrons. The van der Waals surface area contributed by atoms with E-state index in [1.807, 2.05) is 0 Å². The third-order valence-electron chi connectivity index (χ3n) is 3.20. The first-order valence-electron chi connectivity index (χ1n) is 7.03. The van der Waals surface area contributed by atoms with Crippen LogP contribution in [0.5, 0.6) is 0 Å². The molecule has 0 saturated carbocycles. The monoisotopic (exact) mass is 478 g/mol. The lowest BCUT2D eigenvalue weighted by molar-refractivity contribution is -0.439. The summed E-state index contributed by atoms with van der Waals surface area (Å²) in [5.74, 6) is -39.2. The summed E-state index contributed by atoms with van der Waals surface area (Å²) in [5.41, 5.74) is 0. The molecule has 0 bridgehead atoms. The van der Waals surface area contributed by atoms with E-state index in [0.717, 1.165) is 0 Å². The predicted octanol–water partition coefficient (Wildman–Crippen LogP) is 5.58. The van der Waals surface area contributed by atoms with Gasteiger partial charge in [-0.25, -0.2) is 4.79 Å². The van der Waals surface area contributed by atoms with Gasteiger partial charge in [0.1, 0.15) is 6.61 Å². The summed E-state index contributed by atoms with van der Waals surface area (Å²) in [6, 6.07) is 0. The first kappa shape index (κ1) is 27.6. The van der Waals surface area contributed by atoms with E-state index >= 15 is 0 Å². The van der Waals surface area contributed by atoms with Crippen molar-refractivity contribution in [2.24, 2.45) is 0 Å². The lowest BCUT2D eigenvalue weighted by Crippen LogP contribution is -2.70. The van der Waals surface area contributed by atoms with Crippen LogP contribution < -0.4 is 0 Å². The fraction of sp³-hybridized carbons (Fsp3) is 0.769. The zero-order chi connectivity index (χ0) is 23.5. The molecule has 0 aromatic heterocycles. The highest BCUT2D eigenvalue weighted by Gasteiger charge is 2.90. The summed E-state index contributed by atoms with van der Waals surface area (Å²) in [4.78, 5) is 10.6. The number of esters is 1. The van der Waals surface area contributed by atoms with Gasteiger partial charge >= 0.3 is 41.8 Å². The van der Waals surface area contributed by atoms with E-state index in [4.69, 9.17) is 0 Å². The standard InChI is InChI=1S/C13H11F13O2S/c1-2-7(27)28-4-6-29-5-3-8(14,15)9(16,17)10(18,19)11(20,21)12(22,23)13(24,25)26/h2H,1,3-6H2. The number of thioether (sulfide) groups is 1. The average molecular weight is 478 g/mol. The Labute approximate surface area is 158 Å². The third kappa shape index (κ3) is 5.23. The summed E-state index contributed by atoms with van der Waals surface area (Å²) in [6.07, 6.45) is -9.01. The fourth-order valence-electron chi connectivity index (χ4n) is 1.52. The second kappa shape index (κ2) is 8.79. The van der Waals surface area contributed by atoms with Crippen LogP contribution in [0.15, 0.2) is 12.7 Å². The van der Waals surface area contributed by atoms with Crippen LogP contribution in [-0.2, 0) is 9.53 Å². The Bertz CT molecular complexity index is 586. The lowest BCUT2D eigenvalue weighted by atomic mass is 9.93. The molecular formula is C13H11F13O2S. The minimum atomic E-state index is -7.89. The van der Waals surface area contributed by atoms with Crippen LogP contribution in [0.3, 0.4) is 0 Å². The molecule has 0 aliphatic carbocycles. The van der Waals surface area contributed by atoms with Crippen LogP contribution in [0.2, 0.25) is 0 Å². The van der Waals surface area contributed by atoms with Gasteiger partial charge in [0.2, 0.25) is 0 Å². The molecule has 2 nitrogen and oxygen atoms in total. The van der Waals surface area contributed by atoms with Gasteiger partial charge in [-0.15, -0.1) is 0 Å². The van der Waals surface area contributed by atoms with E-state index in [2.05, 4.69) is 11.3 Å². The number of ether oxygens (including phenoxy) is 1. The normalized spacial score (nSPS) is 14.7. The molecule has 0 aromatic carbocycles. The van der Waals surface area contributed by atoms with Crippen molar-refractivity contribution in [1.29, 1.82) is 0 Å². The maximum atomic E-state index is 13.4. The van der Waals surface area contributed by atoms with Crippen LogP contribution in [0, 0.1) is 0 Å². The Kier molecular flexibility index (Phi) is 8.39. The molecule has 0 unspecified atom stereocenters. The smallest absolute Gasteiger partial charge is 0.460 e. The Morgan fingerprint density at radius 1 is 0.759 bits per heavy atom. The zero-order valence-electron chi connectivity index (χ0n) is 13.8. The number of alkyl halides is 13. The van der Waals surface area contributed by atoms with E-state index in [1.54, 1.807) is 0 Å². The van der Waals surface area contributed by atoms with Gasteiger partial charge in [0.05, 0.1) is 0 Å². The molecule has 29 heavy (non-hydrogen) atoms. The Morgan fingerprint density at radius 3 is 1.62 bits per heavy atom. The van der Waals surface area contributed by atoms with E-state index < -0.39 is 60.5 Å². The van der Waals surface area contributed by atoms with E-state index in [9.17, 15) is 61.9 Å². The molecule has 0 spiro atoms. The highest BCUT2D eigenvalue weighted by molar-refractivity contribution is 7.99. The van der Waals surface area contributed by atoms with Gasteiger partial charge in [0.15, 0.2) is 0 Å². The first-order valence-corrected chi connectivity index (χ1v) is 8.19. The van der Waals surface area contributed by atoms with Gasteiger partial charge < -0.3 is 4.74 Å². The summed E-state index contributed by atoms with van der Waals surface area (Å²) in [6.45, 7) is 2.52. The highest BCUT2D eigenvalue weighted by Crippen LogP contribution is 2.60. The molecule has 0 saturated heterocycles. The molecule has 0 N–H and O–H groups in total. The summed E-state index contributed by atoms with van der Waals surface area (Å²) < 4.78 is 171. The number of rotatable bonds is 11. The highest BCUT2D eigenvalue weighted by atomic mass is 32.2. The molecule has 0 aliphatic rings. The van der Waals surface area contributed by atoms with Gasteiger partial charge in [0.25, 0.3) is 0 Å². The van der Waals surface area contributed by atoms with Crippen LogP contribution in [0.1, 0.15) is 6.42 Å². The maximum absolute atomic E-state index is 13.4. The Balaban J connectivity index is 5.35. The molecule has 0 atom stereocenters. The summed E-state index contributed by atoms with van der Waals surface area (Å²) in [7, 11) is 0. The van der Waals surface area contributed by atoms with Crippen molar-refractivity contribution in [1.82, 2.24) is 0 Å². The second-order valence-electron chi connectivity index (χ2n) is 5.23. The number of hydrogen-bond donors (Lipinski definition) is 0. The Morgan fingerprint density at radius 2 is 1.21 bits per heavy atom. The van der Waals surface area contributed by atoms with Gasteiger partial charge in [-0.05, 0) is 5.75 Å². The minimum absolute atomic E-state index is 0.291. The largest absolute Gasteiger partial charge is 0.462 e. The number of halogens is 13. The van der Waals surface area contributed by atoms with E-state index in [0.29, 0.717) is 17.8 Å². The fourth-order valence-corrected chi connectivity index (χ4v) is 2.33. The molecule has 0 radical (unpaired) electrons. The van der Waals surface area contributed by atoms with Crippen LogP contribution in [0.4, 0.5) is 57.1 Å².